The standard InChI is InChI=1S/C24H25F2N3O4/c1-14(16-4-3-5-17(6-16)24(25,26)9-30)27-22-18-7-20-21(8-19(18)28-15(2)29-22)33-13-23(12-32-20)10-31-11-23/h3-8,14,30H,9-13H2,1-2H3,(H,27,28,29). The molecule has 2 aliphatic rings. The molecule has 1 saturated heterocycles. The van der Waals surface area contributed by atoms with E-state index in [9.17, 15) is 8.78 Å². The average molecular weight is 457 g/mol. The second kappa shape index (κ2) is 8.07. The number of benzene rings is 2. The van der Waals surface area contributed by atoms with E-state index in [-0.39, 0.29) is 17.0 Å². The number of fused-ring (bicyclic) bond motifs is 2. The third kappa shape index (κ3) is 4.06. The van der Waals surface area contributed by atoms with Crippen molar-refractivity contribution in [2.45, 2.75) is 25.8 Å². The number of rotatable bonds is 5. The summed E-state index contributed by atoms with van der Waals surface area (Å²) in [5, 5.41) is 13.1. The van der Waals surface area contributed by atoms with Gasteiger partial charge in [0.05, 0.1) is 24.1 Å². The Morgan fingerprint density at radius 2 is 1.82 bits per heavy atom. The van der Waals surface area contributed by atoms with Gasteiger partial charge in [-0.1, -0.05) is 18.2 Å². The van der Waals surface area contributed by atoms with Crippen LogP contribution in [0.4, 0.5) is 14.6 Å². The van der Waals surface area contributed by atoms with Crippen molar-refractivity contribution in [3.8, 4) is 11.5 Å². The zero-order valence-electron chi connectivity index (χ0n) is 18.4. The molecule has 1 atom stereocenters. The molecule has 0 aliphatic carbocycles. The summed E-state index contributed by atoms with van der Waals surface area (Å²) in [6.45, 7) is 4.66. The van der Waals surface area contributed by atoms with Crippen molar-refractivity contribution < 1.29 is 28.1 Å². The van der Waals surface area contributed by atoms with Gasteiger partial charge in [0.2, 0.25) is 0 Å². The molecule has 1 fully saturated rings. The molecule has 3 aromatic rings. The molecule has 33 heavy (non-hydrogen) atoms. The van der Waals surface area contributed by atoms with Gasteiger partial charge in [-0.2, -0.15) is 8.78 Å². The van der Waals surface area contributed by atoms with E-state index in [1.807, 2.05) is 19.1 Å². The van der Waals surface area contributed by atoms with Crippen LogP contribution in [-0.2, 0) is 10.7 Å². The summed E-state index contributed by atoms with van der Waals surface area (Å²) in [6.07, 6.45) is 0. The summed E-state index contributed by atoms with van der Waals surface area (Å²) in [6, 6.07) is 9.39. The lowest BCUT2D eigenvalue weighted by atomic mass is 9.88. The number of nitrogens with zero attached hydrogens (tertiary/aromatic N) is 2. The molecule has 1 aromatic heterocycles. The number of aliphatic hydroxyl groups excluding tert-OH is 1. The lowest BCUT2D eigenvalue weighted by molar-refractivity contribution is -0.143. The van der Waals surface area contributed by atoms with E-state index < -0.39 is 12.5 Å². The summed E-state index contributed by atoms with van der Waals surface area (Å²) >= 11 is 0. The molecular weight excluding hydrogens is 432 g/mol. The maximum Gasteiger partial charge on any atom is 0.295 e. The maximum atomic E-state index is 14.0. The smallest absolute Gasteiger partial charge is 0.295 e. The molecule has 0 saturated carbocycles. The maximum absolute atomic E-state index is 14.0. The summed E-state index contributed by atoms with van der Waals surface area (Å²) in [5.74, 6) is -0.926. The molecule has 174 valence electrons. The topological polar surface area (TPSA) is 85.7 Å². The molecule has 1 spiro atoms. The van der Waals surface area contributed by atoms with Crippen LogP contribution in [0.2, 0.25) is 0 Å². The van der Waals surface area contributed by atoms with Crippen LogP contribution < -0.4 is 14.8 Å². The quantitative estimate of drug-likeness (QED) is 0.599. The molecule has 0 radical (unpaired) electrons. The van der Waals surface area contributed by atoms with Gasteiger partial charge in [0.15, 0.2) is 11.5 Å². The van der Waals surface area contributed by atoms with E-state index >= 15 is 0 Å². The first kappa shape index (κ1) is 21.8. The van der Waals surface area contributed by atoms with Gasteiger partial charge in [-0.05, 0) is 31.5 Å². The Bertz CT molecular complexity index is 1200. The average Bonchev–Trinajstić information content (AvgIpc) is 2.97. The molecule has 9 heteroatoms. The third-order valence-electron chi connectivity index (χ3n) is 6.12. The van der Waals surface area contributed by atoms with E-state index in [1.54, 1.807) is 19.1 Å². The zero-order chi connectivity index (χ0) is 23.2. The van der Waals surface area contributed by atoms with Crippen LogP contribution >= 0.6 is 0 Å². The Morgan fingerprint density at radius 1 is 1.09 bits per heavy atom. The molecule has 0 amide bonds. The van der Waals surface area contributed by atoms with E-state index in [4.69, 9.17) is 19.3 Å². The fourth-order valence-electron chi connectivity index (χ4n) is 4.06. The number of alkyl halides is 2. The van der Waals surface area contributed by atoms with Crippen LogP contribution in [0.15, 0.2) is 36.4 Å². The minimum atomic E-state index is -3.30. The number of nitrogens with one attached hydrogen (secondary N) is 1. The largest absolute Gasteiger partial charge is 0.489 e. The highest BCUT2D eigenvalue weighted by Gasteiger charge is 2.42. The number of anilines is 1. The second-order valence-corrected chi connectivity index (χ2v) is 8.86. The molecular formula is C24H25F2N3O4. The SMILES string of the molecule is Cc1nc(NC(C)c2cccc(C(F)(F)CO)c2)c2cc3c(cc2n1)OCC1(COC1)CO3. The third-order valence-corrected chi connectivity index (χ3v) is 6.12. The molecule has 1 unspecified atom stereocenters. The van der Waals surface area contributed by atoms with Crippen molar-refractivity contribution in [1.82, 2.24) is 9.97 Å². The van der Waals surface area contributed by atoms with E-state index in [1.165, 1.54) is 12.1 Å². The first-order valence-corrected chi connectivity index (χ1v) is 10.8. The highest BCUT2D eigenvalue weighted by Crippen LogP contribution is 2.41. The minimum absolute atomic E-state index is 0.121. The molecule has 7 nitrogen and oxygen atoms in total. The summed E-state index contributed by atoms with van der Waals surface area (Å²) in [4.78, 5) is 9.10. The summed E-state index contributed by atoms with van der Waals surface area (Å²) in [5.41, 5.74) is 0.987. The van der Waals surface area contributed by atoms with Gasteiger partial charge in [0, 0.05) is 23.1 Å². The molecule has 3 heterocycles. The fraction of sp³-hybridized carbons (Fsp3) is 0.417. The number of aromatic nitrogens is 2. The number of ether oxygens (including phenoxy) is 3. The van der Waals surface area contributed by atoms with E-state index in [2.05, 4.69) is 15.3 Å². The normalized spacial score (nSPS) is 18.0. The second-order valence-electron chi connectivity index (χ2n) is 8.86. The highest BCUT2D eigenvalue weighted by molar-refractivity contribution is 5.92. The Morgan fingerprint density at radius 3 is 2.48 bits per heavy atom. The lowest BCUT2D eigenvalue weighted by Crippen LogP contribution is -2.50. The summed E-state index contributed by atoms with van der Waals surface area (Å²) < 4.78 is 45.4. The number of aryl methyl sites for hydroxylation is 1. The van der Waals surface area contributed by atoms with E-state index in [0.29, 0.717) is 60.6 Å². The zero-order valence-corrected chi connectivity index (χ0v) is 18.4. The first-order valence-electron chi connectivity index (χ1n) is 10.8. The minimum Gasteiger partial charge on any atom is -0.489 e. The van der Waals surface area contributed by atoms with Crippen molar-refractivity contribution in [2.24, 2.45) is 5.41 Å². The Labute approximate surface area is 189 Å². The first-order chi connectivity index (χ1) is 15.8. The van der Waals surface area contributed by atoms with Gasteiger partial charge in [-0.3, -0.25) is 0 Å². The van der Waals surface area contributed by atoms with Gasteiger partial charge in [-0.25, -0.2) is 9.97 Å². The molecule has 2 aromatic carbocycles. The Kier molecular flexibility index (Phi) is 5.33. The lowest BCUT2D eigenvalue weighted by Gasteiger charge is -2.38. The predicted molar refractivity (Wildman–Crippen MR) is 118 cm³/mol. The molecule has 2 N–H and O–H groups in total. The number of hydrogen-bond acceptors (Lipinski definition) is 7. The van der Waals surface area contributed by atoms with Crippen molar-refractivity contribution in [1.29, 1.82) is 0 Å². The fourth-order valence-corrected chi connectivity index (χ4v) is 4.06. The van der Waals surface area contributed by atoms with Crippen LogP contribution in [0.25, 0.3) is 10.9 Å². The van der Waals surface area contributed by atoms with Crippen molar-refractivity contribution in [2.75, 3.05) is 38.4 Å². The van der Waals surface area contributed by atoms with Crippen molar-refractivity contribution >= 4 is 16.7 Å². The molecule has 0 bridgehead atoms. The van der Waals surface area contributed by atoms with Gasteiger partial charge in [0.25, 0.3) is 5.92 Å². The van der Waals surface area contributed by atoms with Gasteiger partial charge < -0.3 is 24.6 Å². The monoisotopic (exact) mass is 457 g/mol. The van der Waals surface area contributed by atoms with Gasteiger partial charge >= 0.3 is 0 Å². The number of halogens is 2. The highest BCUT2D eigenvalue weighted by atomic mass is 19.3. The van der Waals surface area contributed by atoms with Crippen LogP contribution in [0.5, 0.6) is 11.5 Å². The molecule has 2 aliphatic heterocycles. The Hall–Kier alpha value is -3.04. The number of aliphatic hydroxyl groups is 1. The van der Waals surface area contributed by atoms with Crippen molar-refractivity contribution in [3.05, 3.63) is 53.3 Å². The van der Waals surface area contributed by atoms with E-state index in [0.717, 1.165) is 5.39 Å². The Balaban J connectivity index is 1.47. The van der Waals surface area contributed by atoms with Crippen LogP contribution in [0, 0.1) is 12.3 Å². The van der Waals surface area contributed by atoms with Crippen molar-refractivity contribution in [3.63, 3.8) is 0 Å². The predicted octanol–water partition coefficient (Wildman–Crippen LogP) is 3.98. The van der Waals surface area contributed by atoms with Crippen LogP contribution in [0.1, 0.15) is 29.9 Å². The molecule has 5 rings (SSSR count). The number of hydrogen-bond donors (Lipinski definition) is 2. The summed E-state index contributed by atoms with van der Waals surface area (Å²) in [7, 11) is 0. The van der Waals surface area contributed by atoms with Crippen LogP contribution in [0.3, 0.4) is 0 Å². The van der Waals surface area contributed by atoms with Gasteiger partial charge in [0.1, 0.15) is 31.5 Å². The van der Waals surface area contributed by atoms with Crippen LogP contribution in [-0.4, -0.2) is 48.1 Å². The van der Waals surface area contributed by atoms with Gasteiger partial charge in [-0.15, -0.1) is 0 Å².